The summed E-state index contributed by atoms with van der Waals surface area (Å²) in [5.74, 6) is -0.496. The number of benzene rings is 1. The highest BCUT2D eigenvalue weighted by Gasteiger charge is 2.23. The lowest BCUT2D eigenvalue weighted by Crippen LogP contribution is -2.44. The molecule has 0 saturated heterocycles. The number of nitrogens with one attached hydrogen (secondary N) is 1. The fourth-order valence-corrected chi connectivity index (χ4v) is 2.74. The molecule has 1 aromatic carbocycles. The van der Waals surface area contributed by atoms with Crippen LogP contribution in [-0.4, -0.2) is 42.1 Å². The topological polar surface area (TPSA) is 81.7 Å². The van der Waals surface area contributed by atoms with E-state index in [1.165, 1.54) is 21.1 Å². The van der Waals surface area contributed by atoms with Crippen LogP contribution in [0.25, 0.3) is 0 Å². The molecule has 6 nitrogen and oxygen atoms in total. The Morgan fingerprint density at radius 2 is 2.05 bits per heavy atom. The quantitative estimate of drug-likeness (QED) is 0.773. The fraction of sp³-hybridized carbons (Fsp3) is 0.385. The lowest BCUT2D eigenvalue weighted by molar-refractivity contribution is -0.144. The highest BCUT2D eigenvalue weighted by atomic mass is 32.2. The van der Waals surface area contributed by atoms with E-state index in [1.54, 1.807) is 24.3 Å². The van der Waals surface area contributed by atoms with Gasteiger partial charge < -0.3 is 14.8 Å². The molecule has 0 fully saturated rings. The lowest BCUT2D eigenvalue weighted by atomic mass is 10.3. The van der Waals surface area contributed by atoms with Gasteiger partial charge in [-0.15, -0.1) is 0 Å². The van der Waals surface area contributed by atoms with Crippen LogP contribution in [0.1, 0.15) is 6.92 Å². The SMILES string of the molecule is COC(=O)C(CS(=O)c1cccc(OC)c1)NC(C)=O. The number of hydrogen-bond acceptors (Lipinski definition) is 5. The third-order valence-corrected chi connectivity index (χ3v) is 3.90. The van der Waals surface area contributed by atoms with E-state index in [0.29, 0.717) is 10.6 Å². The van der Waals surface area contributed by atoms with Gasteiger partial charge in [-0.3, -0.25) is 9.00 Å². The molecular weight excluding hydrogens is 282 g/mol. The van der Waals surface area contributed by atoms with Crippen molar-refractivity contribution in [1.82, 2.24) is 5.32 Å². The van der Waals surface area contributed by atoms with Crippen molar-refractivity contribution in [3.8, 4) is 5.75 Å². The van der Waals surface area contributed by atoms with E-state index in [0.717, 1.165) is 0 Å². The molecule has 1 rings (SSSR count). The molecule has 20 heavy (non-hydrogen) atoms. The largest absolute Gasteiger partial charge is 0.497 e. The molecule has 2 atom stereocenters. The van der Waals surface area contributed by atoms with Crippen molar-refractivity contribution in [2.45, 2.75) is 17.9 Å². The molecule has 0 bridgehead atoms. The summed E-state index contributed by atoms with van der Waals surface area (Å²) in [6.45, 7) is 1.28. The summed E-state index contributed by atoms with van der Waals surface area (Å²) < 4.78 is 21.9. The Morgan fingerprint density at radius 1 is 1.35 bits per heavy atom. The van der Waals surface area contributed by atoms with Gasteiger partial charge in [-0.2, -0.15) is 0 Å². The number of rotatable bonds is 6. The molecule has 0 heterocycles. The van der Waals surface area contributed by atoms with Gasteiger partial charge >= 0.3 is 5.97 Å². The first-order valence-electron chi connectivity index (χ1n) is 5.85. The normalized spacial score (nSPS) is 13.2. The van der Waals surface area contributed by atoms with Gasteiger partial charge in [0.15, 0.2) is 0 Å². The summed E-state index contributed by atoms with van der Waals surface area (Å²) in [7, 11) is 1.26. The number of ether oxygens (including phenoxy) is 2. The Hall–Kier alpha value is -1.89. The maximum atomic E-state index is 12.2. The Kier molecular flexibility index (Phi) is 6.17. The molecule has 0 saturated carbocycles. The highest BCUT2D eigenvalue weighted by molar-refractivity contribution is 7.85. The van der Waals surface area contributed by atoms with Crippen molar-refractivity contribution in [1.29, 1.82) is 0 Å². The van der Waals surface area contributed by atoms with Crippen molar-refractivity contribution >= 4 is 22.7 Å². The summed E-state index contributed by atoms with van der Waals surface area (Å²) in [6, 6.07) is 5.78. The number of carbonyl (C=O) groups excluding carboxylic acids is 2. The molecule has 0 aliphatic carbocycles. The van der Waals surface area contributed by atoms with Gasteiger partial charge in [-0.25, -0.2) is 4.79 Å². The fourth-order valence-electron chi connectivity index (χ4n) is 1.55. The van der Waals surface area contributed by atoms with Crippen LogP contribution >= 0.6 is 0 Å². The van der Waals surface area contributed by atoms with Crippen LogP contribution in [0, 0.1) is 0 Å². The van der Waals surface area contributed by atoms with Crippen molar-refractivity contribution in [3.63, 3.8) is 0 Å². The second-order valence-electron chi connectivity index (χ2n) is 3.97. The van der Waals surface area contributed by atoms with Crippen LogP contribution in [0.3, 0.4) is 0 Å². The Bertz CT molecular complexity index is 517. The monoisotopic (exact) mass is 299 g/mol. The minimum atomic E-state index is -1.46. The molecule has 7 heteroatoms. The summed E-state index contributed by atoms with van der Waals surface area (Å²) in [5, 5.41) is 2.42. The van der Waals surface area contributed by atoms with Gasteiger partial charge in [-0.1, -0.05) is 6.07 Å². The second kappa shape index (κ2) is 7.64. The van der Waals surface area contributed by atoms with Crippen LogP contribution in [0.4, 0.5) is 0 Å². The van der Waals surface area contributed by atoms with Crippen LogP contribution in [0.2, 0.25) is 0 Å². The Labute approximate surface area is 119 Å². The molecule has 2 unspecified atom stereocenters. The molecule has 1 aromatic rings. The van der Waals surface area contributed by atoms with E-state index in [-0.39, 0.29) is 11.7 Å². The van der Waals surface area contributed by atoms with E-state index < -0.39 is 22.8 Å². The van der Waals surface area contributed by atoms with Gasteiger partial charge in [0.25, 0.3) is 0 Å². The maximum Gasteiger partial charge on any atom is 0.329 e. The van der Waals surface area contributed by atoms with Gasteiger partial charge in [-0.05, 0) is 18.2 Å². The van der Waals surface area contributed by atoms with E-state index in [1.807, 2.05) is 0 Å². The molecule has 0 aromatic heterocycles. The first-order chi connectivity index (χ1) is 9.47. The van der Waals surface area contributed by atoms with Crippen LogP contribution < -0.4 is 10.1 Å². The average molecular weight is 299 g/mol. The average Bonchev–Trinajstić information content (AvgIpc) is 2.45. The third kappa shape index (κ3) is 4.65. The number of methoxy groups -OCH3 is 2. The van der Waals surface area contributed by atoms with Gasteiger partial charge in [0.2, 0.25) is 5.91 Å². The van der Waals surface area contributed by atoms with Crippen LogP contribution in [0.15, 0.2) is 29.2 Å². The number of hydrogen-bond donors (Lipinski definition) is 1. The third-order valence-electron chi connectivity index (χ3n) is 2.49. The number of amides is 1. The van der Waals surface area contributed by atoms with Crippen molar-refractivity contribution in [2.24, 2.45) is 0 Å². The van der Waals surface area contributed by atoms with Crippen molar-refractivity contribution < 1.29 is 23.3 Å². The smallest absolute Gasteiger partial charge is 0.329 e. The number of esters is 1. The summed E-state index contributed by atoms with van der Waals surface area (Å²) in [5.41, 5.74) is 0. The Balaban J connectivity index is 2.84. The van der Waals surface area contributed by atoms with Crippen LogP contribution in [-0.2, 0) is 25.1 Å². The van der Waals surface area contributed by atoms with E-state index in [9.17, 15) is 13.8 Å². The first-order valence-corrected chi connectivity index (χ1v) is 7.17. The predicted molar refractivity (Wildman–Crippen MR) is 73.9 cm³/mol. The molecule has 0 radical (unpaired) electrons. The van der Waals surface area contributed by atoms with E-state index >= 15 is 0 Å². The molecule has 0 aliphatic heterocycles. The van der Waals surface area contributed by atoms with Gasteiger partial charge in [0.05, 0.1) is 30.8 Å². The minimum absolute atomic E-state index is 0.0561. The second-order valence-corrected chi connectivity index (χ2v) is 5.46. The molecule has 1 N–H and O–H groups in total. The zero-order valence-electron chi connectivity index (χ0n) is 11.5. The first kappa shape index (κ1) is 16.2. The predicted octanol–water partition coefficient (Wildman–Crippen LogP) is 0.480. The van der Waals surface area contributed by atoms with Crippen molar-refractivity contribution in [2.75, 3.05) is 20.0 Å². The van der Waals surface area contributed by atoms with Gasteiger partial charge in [0, 0.05) is 11.8 Å². The van der Waals surface area contributed by atoms with Crippen LogP contribution in [0.5, 0.6) is 5.75 Å². The molecule has 110 valence electrons. The van der Waals surface area contributed by atoms with E-state index in [2.05, 4.69) is 10.1 Å². The molecule has 1 amide bonds. The zero-order valence-corrected chi connectivity index (χ0v) is 12.4. The zero-order chi connectivity index (χ0) is 15.1. The van der Waals surface area contributed by atoms with Gasteiger partial charge in [0.1, 0.15) is 11.8 Å². The summed E-state index contributed by atoms with van der Waals surface area (Å²) >= 11 is 0. The molecule has 0 aliphatic rings. The summed E-state index contributed by atoms with van der Waals surface area (Å²) in [6.07, 6.45) is 0. The maximum absolute atomic E-state index is 12.2. The standard InChI is InChI=1S/C13H17NO5S/c1-9(15)14-12(13(16)19-3)8-20(17)11-6-4-5-10(7-11)18-2/h4-7,12H,8H2,1-3H3,(H,14,15). The van der Waals surface area contributed by atoms with E-state index in [4.69, 9.17) is 4.74 Å². The Morgan fingerprint density at radius 3 is 2.60 bits per heavy atom. The highest BCUT2D eigenvalue weighted by Crippen LogP contribution is 2.16. The molecule has 0 spiro atoms. The van der Waals surface area contributed by atoms with Crippen molar-refractivity contribution in [3.05, 3.63) is 24.3 Å². The number of carbonyl (C=O) groups is 2. The lowest BCUT2D eigenvalue weighted by Gasteiger charge is -2.15. The minimum Gasteiger partial charge on any atom is -0.497 e. The summed E-state index contributed by atoms with van der Waals surface area (Å²) in [4.78, 5) is 23.1. The molecular formula is C13H17NO5S.